The lowest BCUT2D eigenvalue weighted by Gasteiger charge is -2.46. The molecule has 0 aliphatic carbocycles. The van der Waals surface area contributed by atoms with E-state index in [1.54, 1.807) is 7.11 Å². The first-order chi connectivity index (χ1) is 16.3. The number of likely N-dealkylation sites (tertiary alicyclic amines) is 1. The molecule has 0 bridgehead atoms. The van der Waals surface area contributed by atoms with Crippen molar-refractivity contribution in [2.75, 3.05) is 33.1 Å². The SMILES string of the molecule is C=C(C(/C=C\COC)=C/C(CC)S(C)(=O)=O)N1CCC2(CC1)Oc1ccccc1-n1cccc12. The Morgan fingerprint density at radius 3 is 2.65 bits per heavy atom. The Labute approximate surface area is 203 Å². The van der Waals surface area contributed by atoms with Crippen LogP contribution in [0.5, 0.6) is 5.75 Å². The molecule has 0 amide bonds. The number of hydrogen-bond donors (Lipinski definition) is 0. The lowest BCUT2D eigenvalue weighted by atomic mass is 9.86. The molecule has 1 atom stereocenters. The van der Waals surface area contributed by atoms with Gasteiger partial charge in [0, 0.05) is 51.2 Å². The van der Waals surface area contributed by atoms with Gasteiger partial charge in [-0.15, -0.1) is 0 Å². The molecule has 1 fully saturated rings. The van der Waals surface area contributed by atoms with Crippen molar-refractivity contribution in [2.24, 2.45) is 0 Å². The largest absolute Gasteiger partial charge is 0.479 e. The molecule has 7 heteroatoms. The van der Waals surface area contributed by atoms with Crippen LogP contribution in [-0.2, 0) is 20.2 Å². The number of nitrogens with zero attached hydrogens (tertiary/aromatic N) is 2. The number of piperidine rings is 1. The zero-order chi connectivity index (χ0) is 24.3. The zero-order valence-corrected chi connectivity index (χ0v) is 21.1. The third-order valence-corrected chi connectivity index (χ3v) is 8.38. The van der Waals surface area contributed by atoms with Crippen LogP contribution in [0, 0.1) is 0 Å². The maximum atomic E-state index is 12.3. The quantitative estimate of drug-likeness (QED) is 0.514. The molecule has 1 unspecified atom stereocenters. The second-order valence-electron chi connectivity index (χ2n) is 9.02. The third-order valence-electron chi connectivity index (χ3n) is 6.81. The van der Waals surface area contributed by atoms with E-state index < -0.39 is 15.1 Å². The lowest BCUT2D eigenvalue weighted by molar-refractivity contribution is -0.00464. The molecule has 1 saturated heterocycles. The highest BCUT2D eigenvalue weighted by atomic mass is 32.2. The molecular formula is C27H34N2O4S. The first kappa shape index (κ1) is 24.4. The van der Waals surface area contributed by atoms with Crippen LogP contribution in [0.2, 0.25) is 0 Å². The molecule has 34 heavy (non-hydrogen) atoms. The normalized spacial score (nSPS) is 18.4. The summed E-state index contributed by atoms with van der Waals surface area (Å²) in [7, 11) is -1.57. The van der Waals surface area contributed by atoms with E-state index in [1.165, 1.54) is 11.9 Å². The Morgan fingerprint density at radius 2 is 1.97 bits per heavy atom. The number of benzene rings is 1. The smallest absolute Gasteiger partial charge is 0.153 e. The summed E-state index contributed by atoms with van der Waals surface area (Å²) in [6, 6.07) is 12.4. The van der Waals surface area contributed by atoms with Gasteiger partial charge in [0.15, 0.2) is 15.4 Å². The zero-order valence-electron chi connectivity index (χ0n) is 20.2. The number of allylic oxidation sites excluding steroid dienone is 1. The molecule has 1 aromatic carbocycles. The fourth-order valence-corrected chi connectivity index (χ4v) is 5.91. The van der Waals surface area contributed by atoms with Gasteiger partial charge in [0.1, 0.15) is 5.75 Å². The van der Waals surface area contributed by atoms with Gasteiger partial charge in [0.25, 0.3) is 0 Å². The summed E-state index contributed by atoms with van der Waals surface area (Å²) >= 11 is 0. The van der Waals surface area contributed by atoms with Crippen molar-refractivity contribution in [3.63, 3.8) is 0 Å². The van der Waals surface area contributed by atoms with E-state index in [0.29, 0.717) is 13.0 Å². The van der Waals surface area contributed by atoms with Gasteiger partial charge in [0.2, 0.25) is 0 Å². The van der Waals surface area contributed by atoms with Crippen molar-refractivity contribution in [1.82, 2.24) is 9.47 Å². The molecular weight excluding hydrogens is 448 g/mol. The number of sulfone groups is 1. The average Bonchev–Trinajstić information content (AvgIpc) is 3.32. The highest BCUT2D eigenvalue weighted by molar-refractivity contribution is 7.91. The van der Waals surface area contributed by atoms with Crippen LogP contribution in [0.15, 0.2) is 78.7 Å². The summed E-state index contributed by atoms with van der Waals surface area (Å²) in [6.45, 7) is 8.22. The van der Waals surface area contributed by atoms with Crippen LogP contribution in [0.3, 0.4) is 0 Å². The van der Waals surface area contributed by atoms with Gasteiger partial charge in [-0.25, -0.2) is 8.42 Å². The van der Waals surface area contributed by atoms with Crippen LogP contribution in [-0.4, -0.2) is 56.2 Å². The topological polar surface area (TPSA) is 60.8 Å². The number of ether oxygens (including phenoxy) is 2. The standard InChI is InChI=1S/C27H34N2O4S/c1-5-23(34(4,30)31)20-22(10-9-19-32-3)21(2)28-17-14-27(15-18-28)26-13-8-16-29(26)24-11-6-7-12-25(24)33-27/h6-13,16,20,23H,2,5,14-15,17-19H2,1,3-4H3/b10-9-,22-20+. The van der Waals surface area contributed by atoms with Crippen LogP contribution in [0.25, 0.3) is 5.69 Å². The van der Waals surface area contributed by atoms with Crippen LogP contribution in [0.1, 0.15) is 31.9 Å². The monoisotopic (exact) mass is 482 g/mol. The van der Waals surface area contributed by atoms with E-state index in [9.17, 15) is 8.42 Å². The molecule has 0 saturated carbocycles. The Kier molecular flexibility index (Phi) is 7.05. The number of hydrogen-bond acceptors (Lipinski definition) is 5. The van der Waals surface area contributed by atoms with Gasteiger partial charge >= 0.3 is 0 Å². The molecule has 4 rings (SSSR count). The number of rotatable bonds is 8. The van der Waals surface area contributed by atoms with E-state index in [-0.39, 0.29) is 5.60 Å². The van der Waals surface area contributed by atoms with E-state index >= 15 is 0 Å². The molecule has 0 N–H and O–H groups in total. The number of aromatic nitrogens is 1. The van der Waals surface area contributed by atoms with E-state index in [0.717, 1.165) is 48.6 Å². The Balaban J connectivity index is 1.56. The predicted octanol–water partition coefficient (Wildman–Crippen LogP) is 4.63. The minimum Gasteiger partial charge on any atom is -0.479 e. The van der Waals surface area contributed by atoms with Crippen molar-refractivity contribution in [2.45, 2.75) is 37.0 Å². The predicted molar refractivity (Wildman–Crippen MR) is 136 cm³/mol. The molecule has 3 heterocycles. The summed E-state index contributed by atoms with van der Waals surface area (Å²) in [5, 5.41) is -0.552. The second-order valence-corrected chi connectivity index (χ2v) is 11.3. The first-order valence-electron chi connectivity index (χ1n) is 11.8. The van der Waals surface area contributed by atoms with Crippen molar-refractivity contribution in [3.05, 3.63) is 84.4 Å². The molecule has 1 aromatic heterocycles. The van der Waals surface area contributed by atoms with Crippen molar-refractivity contribution < 1.29 is 17.9 Å². The molecule has 2 aromatic rings. The van der Waals surface area contributed by atoms with E-state index in [2.05, 4.69) is 40.4 Å². The van der Waals surface area contributed by atoms with Gasteiger partial charge < -0.3 is 18.9 Å². The van der Waals surface area contributed by atoms with Gasteiger partial charge in [-0.3, -0.25) is 0 Å². The van der Waals surface area contributed by atoms with Gasteiger partial charge in [0.05, 0.1) is 23.2 Å². The van der Waals surface area contributed by atoms with Crippen molar-refractivity contribution in [3.8, 4) is 11.4 Å². The van der Waals surface area contributed by atoms with Crippen molar-refractivity contribution >= 4 is 9.84 Å². The first-order valence-corrected chi connectivity index (χ1v) is 13.7. The fraction of sp³-hybridized carbons (Fsp3) is 0.407. The van der Waals surface area contributed by atoms with E-state index in [4.69, 9.17) is 9.47 Å². The number of para-hydroxylation sites is 2. The summed E-state index contributed by atoms with van der Waals surface area (Å²) in [4.78, 5) is 2.24. The van der Waals surface area contributed by atoms with Gasteiger partial charge in [-0.05, 0) is 36.3 Å². The minimum atomic E-state index is -3.21. The highest BCUT2D eigenvalue weighted by Gasteiger charge is 2.44. The average molecular weight is 483 g/mol. The maximum absolute atomic E-state index is 12.3. The Bertz CT molecular complexity index is 1200. The molecule has 1 spiro atoms. The van der Waals surface area contributed by atoms with Crippen LogP contribution in [0.4, 0.5) is 0 Å². The van der Waals surface area contributed by atoms with Gasteiger partial charge in [-0.2, -0.15) is 0 Å². The third kappa shape index (κ3) is 4.72. The summed E-state index contributed by atoms with van der Waals surface area (Å²) in [5.41, 5.74) is 3.51. The molecule has 2 aliphatic heterocycles. The summed E-state index contributed by atoms with van der Waals surface area (Å²) in [6.07, 6.45) is 11.2. The molecule has 182 valence electrons. The maximum Gasteiger partial charge on any atom is 0.153 e. The molecule has 0 radical (unpaired) electrons. The van der Waals surface area contributed by atoms with Crippen molar-refractivity contribution in [1.29, 1.82) is 0 Å². The number of fused-ring (bicyclic) bond motifs is 4. The minimum absolute atomic E-state index is 0.386. The Morgan fingerprint density at radius 1 is 1.24 bits per heavy atom. The second kappa shape index (κ2) is 9.84. The summed E-state index contributed by atoms with van der Waals surface area (Å²) < 4.78 is 38.6. The molecule has 2 aliphatic rings. The Hall–Kier alpha value is -2.77. The highest BCUT2D eigenvalue weighted by Crippen LogP contribution is 2.45. The molecule has 6 nitrogen and oxygen atoms in total. The van der Waals surface area contributed by atoms with Gasteiger partial charge in [-0.1, -0.05) is 43.9 Å². The van der Waals surface area contributed by atoms with E-state index in [1.807, 2.05) is 43.4 Å². The summed E-state index contributed by atoms with van der Waals surface area (Å²) in [5.74, 6) is 0.903. The van der Waals surface area contributed by atoms with Crippen LogP contribution < -0.4 is 4.74 Å². The number of methoxy groups -OCH3 is 1. The van der Waals surface area contributed by atoms with Crippen LogP contribution >= 0.6 is 0 Å². The fourth-order valence-electron chi connectivity index (χ4n) is 4.91. The lowest BCUT2D eigenvalue weighted by Crippen LogP contribution is -2.48.